The molecule has 1 N–H and O–H groups in total. The molecule has 10 heteroatoms. The third kappa shape index (κ3) is 3.53. The summed E-state index contributed by atoms with van der Waals surface area (Å²) >= 11 is 0. The molecule has 2 aliphatic rings. The number of carbonyl (C=O) groups excluding carboxylic acids is 1. The number of aromatic nitrogens is 6. The van der Waals surface area contributed by atoms with Crippen molar-refractivity contribution in [2.45, 2.75) is 24.8 Å². The average molecular weight is 445 g/mol. The van der Waals surface area contributed by atoms with Crippen LogP contribution in [0.5, 0.6) is 5.75 Å². The van der Waals surface area contributed by atoms with Gasteiger partial charge in [-0.15, -0.1) is 0 Å². The van der Waals surface area contributed by atoms with Crippen LogP contribution in [0.1, 0.15) is 41.0 Å². The molecule has 1 aliphatic heterocycles. The summed E-state index contributed by atoms with van der Waals surface area (Å²) in [6, 6.07) is 8.27. The van der Waals surface area contributed by atoms with E-state index in [9.17, 15) is 9.18 Å². The summed E-state index contributed by atoms with van der Waals surface area (Å²) in [5.41, 5.74) is 3.22. The Morgan fingerprint density at radius 1 is 1.21 bits per heavy atom. The van der Waals surface area contributed by atoms with Crippen molar-refractivity contribution in [1.29, 1.82) is 0 Å². The predicted octanol–water partition coefficient (Wildman–Crippen LogP) is 3.56. The highest BCUT2D eigenvalue weighted by molar-refractivity contribution is 6.04. The van der Waals surface area contributed by atoms with Crippen molar-refractivity contribution in [2.24, 2.45) is 0 Å². The highest BCUT2D eigenvalue weighted by Gasteiger charge is 2.28. The minimum atomic E-state index is -0.639. The molecule has 1 aliphatic carbocycles. The Hall–Kier alpha value is -4.08. The molecule has 0 saturated heterocycles. The number of rotatable bonds is 5. The molecule has 3 aromatic heterocycles. The van der Waals surface area contributed by atoms with Crippen LogP contribution in [0.2, 0.25) is 0 Å². The van der Waals surface area contributed by atoms with E-state index < -0.39 is 12.7 Å². The zero-order valence-corrected chi connectivity index (χ0v) is 17.6. The molecule has 1 aromatic carbocycles. The van der Waals surface area contributed by atoms with Crippen molar-refractivity contribution in [1.82, 2.24) is 29.3 Å². The summed E-state index contributed by atoms with van der Waals surface area (Å²) in [5, 5.41) is 7.02. The lowest BCUT2D eigenvalue weighted by Gasteiger charge is -2.14. The SMILES string of the molecule is O=C(Nc1cccc2c1OC[C@H](CF)n1ncnc1-2)c1cc(-n2cnc(C3CC3)c2)ccn1. The Labute approximate surface area is 188 Å². The van der Waals surface area contributed by atoms with Crippen LogP contribution in [0.25, 0.3) is 17.1 Å². The third-order valence-corrected chi connectivity index (χ3v) is 5.89. The molecule has 0 spiro atoms. The maximum Gasteiger partial charge on any atom is 0.274 e. The monoisotopic (exact) mass is 445 g/mol. The standard InChI is InChI=1S/C23H20FN7O2/c24-9-16-11-33-21-17(22-26-12-28-31(16)22)2-1-3-18(21)29-23(32)19-8-15(6-7-25-19)30-10-20(27-13-30)14-4-5-14/h1-3,6-8,10,12-14,16H,4-5,9,11H2,(H,29,32)/t16-/m0/s1. The Morgan fingerprint density at radius 3 is 2.97 bits per heavy atom. The summed E-state index contributed by atoms with van der Waals surface area (Å²) in [7, 11) is 0. The number of halogens is 1. The molecule has 1 saturated carbocycles. The number of benzene rings is 1. The number of nitrogens with one attached hydrogen (secondary N) is 1. The van der Waals surface area contributed by atoms with E-state index in [1.165, 1.54) is 23.9 Å². The summed E-state index contributed by atoms with van der Waals surface area (Å²) in [6.07, 6.45) is 9.08. The van der Waals surface area contributed by atoms with Crippen molar-refractivity contribution in [3.8, 4) is 22.8 Å². The van der Waals surface area contributed by atoms with Crippen LogP contribution in [0.3, 0.4) is 0 Å². The second kappa shape index (κ2) is 7.80. The van der Waals surface area contributed by atoms with E-state index in [1.807, 2.05) is 22.9 Å². The first-order valence-corrected chi connectivity index (χ1v) is 10.7. The van der Waals surface area contributed by atoms with Gasteiger partial charge >= 0.3 is 0 Å². The van der Waals surface area contributed by atoms with Crippen LogP contribution >= 0.6 is 0 Å². The Morgan fingerprint density at radius 2 is 2.12 bits per heavy atom. The number of hydrogen-bond donors (Lipinski definition) is 1. The maximum absolute atomic E-state index is 13.5. The fourth-order valence-electron chi connectivity index (χ4n) is 4.00. The molecule has 0 bridgehead atoms. The highest BCUT2D eigenvalue weighted by Crippen LogP contribution is 2.40. The molecule has 0 unspecified atom stereocenters. The van der Waals surface area contributed by atoms with Crippen LogP contribution in [-0.4, -0.2) is 48.5 Å². The van der Waals surface area contributed by atoms with E-state index in [-0.39, 0.29) is 18.2 Å². The van der Waals surface area contributed by atoms with Crippen molar-refractivity contribution >= 4 is 11.6 Å². The van der Waals surface area contributed by atoms with Crippen LogP contribution in [0.4, 0.5) is 10.1 Å². The number of ether oxygens (including phenoxy) is 1. The summed E-state index contributed by atoms with van der Waals surface area (Å²) in [5.74, 6) is 1.08. The fourth-order valence-corrected chi connectivity index (χ4v) is 4.00. The predicted molar refractivity (Wildman–Crippen MR) is 117 cm³/mol. The molecular weight excluding hydrogens is 425 g/mol. The zero-order valence-electron chi connectivity index (χ0n) is 17.6. The Bertz CT molecular complexity index is 1340. The van der Waals surface area contributed by atoms with Crippen LogP contribution in [0, 0.1) is 0 Å². The number of carbonyl (C=O) groups is 1. The van der Waals surface area contributed by atoms with Gasteiger partial charge in [-0.1, -0.05) is 6.07 Å². The van der Waals surface area contributed by atoms with E-state index in [2.05, 4.69) is 25.4 Å². The fraction of sp³-hybridized carbons (Fsp3) is 0.261. The number of amides is 1. The maximum atomic E-state index is 13.5. The molecule has 9 nitrogen and oxygen atoms in total. The van der Waals surface area contributed by atoms with Crippen LogP contribution in [0.15, 0.2) is 55.4 Å². The normalized spacial score (nSPS) is 16.9. The van der Waals surface area contributed by atoms with Gasteiger partial charge in [-0.05, 0) is 37.1 Å². The number of para-hydroxylation sites is 1. The van der Waals surface area contributed by atoms with Gasteiger partial charge in [0.2, 0.25) is 0 Å². The lowest BCUT2D eigenvalue weighted by Crippen LogP contribution is -2.19. The molecule has 1 atom stereocenters. The highest BCUT2D eigenvalue weighted by atomic mass is 19.1. The number of nitrogens with zero attached hydrogens (tertiary/aromatic N) is 6. The van der Waals surface area contributed by atoms with Crippen LogP contribution < -0.4 is 10.1 Å². The lowest BCUT2D eigenvalue weighted by molar-refractivity contribution is 0.102. The number of pyridine rings is 1. The molecule has 4 aromatic rings. The molecule has 1 amide bonds. The number of alkyl halides is 1. The number of imidazole rings is 1. The molecule has 4 heterocycles. The van der Waals surface area contributed by atoms with Gasteiger partial charge in [0.25, 0.3) is 5.91 Å². The first-order chi connectivity index (χ1) is 16.2. The molecule has 0 radical (unpaired) electrons. The van der Waals surface area contributed by atoms with E-state index in [0.717, 1.165) is 11.4 Å². The van der Waals surface area contributed by atoms with Crippen molar-refractivity contribution in [3.63, 3.8) is 0 Å². The van der Waals surface area contributed by atoms with E-state index in [1.54, 1.807) is 30.7 Å². The Kier molecular flexibility index (Phi) is 4.63. The largest absolute Gasteiger partial charge is 0.488 e. The quantitative estimate of drug-likeness (QED) is 0.504. The topological polar surface area (TPSA) is 99.8 Å². The van der Waals surface area contributed by atoms with Gasteiger partial charge in [-0.2, -0.15) is 5.10 Å². The van der Waals surface area contributed by atoms with Crippen LogP contribution in [-0.2, 0) is 0 Å². The van der Waals surface area contributed by atoms with Gasteiger partial charge in [-0.3, -0.25) is 9.78 Å². The second-order valence-corrected chi connectivity index (χ2v) is 8.16. The smallest absolute Gasteiger partial charge is 0.274 e. The number of hydrogen-bond acceptors (Lipinski definition) is 6. The lowest BCUT2D eigenvalue weighted by atomic mass is 10.1. The summed E-state index contributed by atoms with van der Waals surface area (Å²) < 4.78 is 22.9. The zero-order chi connectivity index (χ0) is 22.4. The summed E-state index contributed by atoms with van der Waals surface area (Å²) in [4.78, 5) is 26.0. The van der Waals surface area contributed by atoms with Gasteiger partial charge in [0.05, 0.1) is 29.0 Å². The summed E-state index contributed by atoms with van der Waals surface area (Å²) in [6.45, 7) is -0.566. The minimum absolute atomic E-state index is 0.0738. The molecule has 166 valence electrons. The van der Waals surface area contributed by atoms with Gasteiger partial charge in [0.1, 0.15) is 31.3 Å². The molecule has 1 fully saturated rings. The Balaban J connectivity index is 1.29. The molecule has 6 rings (SSSR count). The number of anilines is 1. The van der Waals surface area contributed by atoms with Gasteiger partial charge in [0.15, 0.2) is 11.6 Å². The second-order valence-electron chi connectivity index (χ2n) is 8.16. The van der Waals surface area contributed by atoms with E-state index in [4.69, 9.17) is 4.74 Å². The first-order valence-electron chi connectivity index (χ1n) is 10.7. The first kappa shape index (κ1) is 19.6. The van der Waals surface area contributed by atoms with Crippen molar-refractivity contribution < 1.29 is 13.9 Å². The van der Waals surface area contributed by atoms with Gasteiger partial charge < -0.3 is 14.6 Å². The van der Waals surface area contributed by atoms with E-state index in [0.29, 0.717) is 28.7 Å². The van der Waals surface area contributed by atoms with Crippen molar-refractivity contribution in [2.75, 3.05) is 18.6 Å². The van der Waals surface area contributed by atoms with Crippen molar-refractivity contribution in [3.05, 3.63) is 66.8 Å². The third-order valence-electron chi connectivity index (χ3n) is 5.89. The average Bonchev–Trinajstić information content (AvgIpc) is 3.42. The molecule has 33 heavy (non-hydrogen) atoms. The molecular formula is C23H20FN7O2. The number of fused-ring (bicyclic) bond motifs is 3. The minimum Gasteiger partial charge on any atom is -0.488 e. The van der Waals surface area contributed by atoms with Gasteiger partial charge in [0, 0.05) is 18.3 Å². The van der Waals surface area contributed by atoms with Gasteiger partial charge in [-0.25, -0.2) is 19.0 Å². The van der Waals surface area contributed by atoms with E-state index >= 15 is 0 Å².